The molecular weight excluding hydrogens is 518 g/mol. The van der Waals surface area contributed by atoms with E-state index >= 15 is 0 Å². The van der Waals surface area contributed by atoms with Gasteiger partial charge in [-0.2, -0.15) is 0 Å². The van der Waals surface area contributed by atoms with E-state index < -0.39 is 0 Å². The van der Waals surface area contributed by atoms with Gasteiger partial charge < -0.3 is 10.1 Å². The monoisotopic (exact) mass is 543 g/mol. The summed E-state index contributed by atoms with van der Waals surface area (Å²) in [5.74, 6) is -0.0809. The van der Waals surface area contributed by atoms with Crippen molar-refractivity contribution in [3.05, 3.63) is 68.4 Å². The highest BCUT2D eigenvalue weighted by atomic mass is 79.9. The Morgan fingerprint density at radius 1 is 1.15 bits per heavy atom. The topological polar surface area (TPSA) is 90.3 Å². The van der Waals surface area contributed by atoms with E-state index in [4.69, 9.17) is 4.74 Å². The van der Waals surface area contributed by atoms with E-state index in [0.29, 0.717) is 40.3 Å². The van der Waals surface area contributed by atoms with Crippen LogP contribution in [0, 0.1) is 0 Å². The van der Waals surface area contributed by atoms with E-state index in [1.807, 2.05) is 12.1 Å². The fourth-order valence-electron chi connectivity index (χ4n) is 4.02. The van der Waals surface area contributed by atoms with Gasteiger partial charge in [0.05, 0.1) is 29.8 Å². The second-order valence-electron chi connectivity index (χ2n) is 8.25. The van der Waals surface area contributed by atoms with Crippen LogP contribution in [0.4, 0.5) is 0 Å². The Labute approximate surface area is 210 Å². The van der Waals surface area contributed by atoms with E-state index in [1.165, 1.54) is 16.3 Å². The Hall–Kier alpha value is -2.49. The van der Waals surface area contributed by atoms with Crippen molar-refractivity contribution in [1.29, 1.82) is 0 Å². The molecule has 34 heavy (non-hydrogen) atoms. The first-order valence-electron chi connectivity index (χ1n) is 11.2. The first-order valence-corrected chi connectivity index (χ1v) is 13.0. The summed E-state index contributed by atoms with van der Waals surface area (Å²) < 4.78 is 7.60. The molecule has 4 rings (SSSR count). The SMILES string of the molecule is COCCn1c(SCC(=O)c2ccc(Br)cc2)nc2cc(C(=O)NC3CCCC3)ccc2c1=O. The van der Waals surface area contributed by atoms with Crippen molar-refractivity contribution in [1.82, 2.24) is 14.9 Å². The highest BCUT2D eigenvalue weighted by Crippen LogP contribution is 2.22. The van der Waals surface area contributed by atoms with Gasteiger partial charge in [-0.05, 0) is 43.2 Å². The zero-order valence-corrected chi connectivity index (χ0v) is 21.3. The molecule has 178 valence electrons. The maximum absolute atomic E-state index is 13.2. The molecule has 0 unspecified atom stereocenters. The van der Waals surface area contributed by atoms with Crippen LogP contribution in [0.15, 0.2) is 56.9 Å². The molecule has 1 aromatic heterocycles. The number of Topliss-reactive ketones (excluding diaryl/α,β-unsaturated/α-hetero) is 1. The predicted molar refractivity (Wildman–Crippen MR) is 137 cm³/mol. The Balaban J connectivity index is 1.62. The number of nitrogens with one attached hydrogen (secondary N) is 1. The second kappa shape index (κ2) is 11.3. The van der Waals surface area contributed by atoms with Gasteiger partial charge in [-0.3, -0.25) is 19.0 Å². The average Bonchev–Trinajstić information content (AvgIpc) is 3.35. The van der Waals surface area contributed by atoms with Crippen LogP contribution in [0.2, 0.25) is 0 Å². The minimum Gasteiger partial charge on any atom is -0.383 e. The molecule has 1 fully saturated rings. The van der Waals surface area contributed by atoms with Gasteiger partial charge in [0.25, 0.3) is 11.5 Å². The van der Waals surface area contributed by atoms with Crippen molar-refractivity contribution in [2.24, 2.45) is 0 Å². The lowest BCUT2D eigenvalue weighted by molar-refractivity contribution is 0.0937. The quantitative estimate of drug-likeness (QED) is 0.243. The molecule has 0 bridgehead atoms. The first kappa shape index (κ1) is 24.6. The van der Waals surface area contributed by atoms with Crippen LogP contribution in [-0.2, 0) is 11.3 Å². The summed E-state index contributed by atoms with van der Waals surface area (Å²) in [6.07, 6.45) is 4.25. The van der Waals surface area contributed by atoms with Gasteiger partial charge in [0.2, 0.25) is 0 Å². The number of hydrogen-bond acceptors (Lipinski definition) is 6. The van der Waals surface area contributed by atoms with Crippen molar-refractivity contribution in [3.8, 4) is 0 Å². The number of rotatable bonds is 9. The molecule has 3 aromatic rings. The number of fused-ring (bicyclic) bond motifs is 1. The second-order valence-corrected chi connectivity index (χ2v) is 10.1. The summed E-state index contributed by atoms with van der Waals surface area (Å²) in [6.45, 7) is 0.653. The molecule has 0 saturated heterocycles. The molecule has 9 heteroatoms. The number of ether oxygens (including phenoxy) is 1. The maximum Gasteiger partial charge on any atom is 0.262 e. The van der Waals surface area contributed by atoms with Crippen molar-refractivity contribution >= 4 is 50.3 Å². The van der Waals surface area contributed by atoms with Gasteiger partial charge in [0, 0.05) is 28.8 Å². The number of ketones is 1. The van der Waals surface area contributed by atoms with Crippen LogP contribution in [0.3, 0.4) is 0 Å². The smallest absolute Gasteiger partial charge is 0.262 e. The zero-order chi connectivity index (χ0) is 24.1. The number of hydrogen-bond donors (Lipinski definition) is 1. The Kier molecular flexibility index (Phi) is 8.18. The number of carbonyl (C=O) groups is 2. The minimum absolute atomic E-state index is 0.0603. The third kappa shape index (κ3) is 5.76. The van der Waals surface area contributed by atoms with Gasteiger partial charge in [-0.25, -0.2) is 4.98 Å². The van der Waals surface area contributed by atoms with Crippen molar-refractivity contribution in [3.63, 3.8) is 0 Å². The lowest BCUT2D eigenvalue weighted by Gasteiger charge is -2.14. The van der Waals surface area contributed by atoms with E-state index in [9.17, 15) is 14.4 Å². The Bertz CT molecular complexity index is 1250. The fourth-order valence-corrected chi connectivity index (χ4v) is 5.20. The molecule has 1 N–H and O–H groups in total. The molecule has 0 spiro atoms. The molecule has 0 aliphatic heterocycles. The zero-order valence-electron chi connectivity index (χ0n) is 18.9. The van der Waals surface area contributed by atoms with Crippen LogP contribution < -0.4 is 10.9 Å². The standard InChI is InChI=1S/C25H26BrN3O4S/c1-33-13-12-29-24(32)20-11-8-17(23(31)27-19-4-2-3-5-19)14-21(20)28-25(29)34-15-22(30)16-6-9-18(26)10-7-16/h6-11,14,19H,2-5,12-13,15H2,1H3,(H,27,31). The summed E-state index contributed by atoms with van der Waals surface area (Å²) in [4.78, 5) is 43.3. The summed E-state index contributed by atoms with van der Waals surface area (Å²) in [5.41, 5.74) is 1.29. The molecule has 1 amide bonds. The highest BCUT2D eigenvalue weighted by Gasteiger charge is 2.19. The van der Waals surface area contributed by atoms with Crippen LogP contribution >= 0.6 is 27.7 Å². The summed E-state index contributed by atoms with van der Waals surface area (Å²) in [6, 6.07) is 12.3. The largest absolute Gasteiger partial charge is 0.383 e. The molecule has 0 atom stereocenters. The average molecular weight is 544 g/mol. The third-order valence-corrected chi connectivity index (χ3v) is 7.40. The molecule has 1 aliphatic rings. The van der Waals surface area contributed by atoms with Crippen LogP contribution in [-0.4, -0.2) is 46.8 Å². The van der Waals surface area contributed by atoms with E-state index in [-0.39, 0.29) is 29.0 Å². The molecule has 1 heterocycles. The van der Waals surface area contributed by atoms with E-state index in [2.05, 4.69) is 26.2 Å². The highest BCUT2D eigenvalue weighted by molar-refractivity contribution is 9.10. The number of benzene rings is 2. The number of aromatic nitrogens is 2. The summed E-state index contributed by atoms with van der Waals surface area (Å²) in [5, 5.41) is 3.92. The molecule has 1 aliphatic carbocycles. The number of amides is 1. The summed E-state index contributed by atoms with van der Waals surface area (Å²) >= 11 is 4.58. The summed E-state index contributed by atoms with van der Waals surface area (Å²) in [7, 11) is 1.57. The number of thioether (sulfide) groups is 1. The van der Waals surface area contributed by atoms with Crippen molar-refractivity contribution in [2.75, 3.05) is 19.5 Å². The lowest BCUT2D eigenvalue weighted by atomic mass is 10.1. The van der Waals surface area contributed by atoms with Crippen LogP contribution in [0.5, 0.6) is 0 Å². The minimum atomic E-state index is -0.219. The molecule has 7 nitrogen and oxygen atoms in total. The first-order chi connectivity index (χ1) is 16.5. The number of halogens is 1. The lowest BCUT2D eigenvalue weighted by Crippen LogP contribution is -2.32. The number of nitrogens with zero attached hydrogens (tertiary/aromatic N) is 2. The molecule has 0 radical (unpaired) electrons. The van der Waals surface area contributed by atoms with Gasteiger partial charge in [0.15, 0.2) is 10.9 Å². The van der Waals surface area contributed by atoms with Crippen LogP contribution in [0.25, 0.3) is 10.9 Å². The molecular formula is C25H26BrN3O4S. The molecule has 2 aromatic carbocycles. The van der Waals surface area contributed by atoms with Crippen molar-refractivity contribution in [2.45, 2.75) is 43.4 Å². The number of carbonyl (C=O) groups excluding carboxylic acids is 2. The molecule has 1 saturated carbocycles. The number of methoxy groups -OCH3 is 1. The Morgan fingerprint density at radius 3 is 2.56 bits per heavy atom. The van der Waals surface area contributed by atoms with Gasteiger partial charge in [-0.1, -0.05) is 52.7 Å². The Morgan fingerprint density at radius 2 is 1.85 bits per heavy atom. The van der Waals surface area contributed by atoms with Crippen molar-refractivity contribution < 1.29 is 14.3 Å². The van der Waals surface area contributed by atoms with E-state index in [1.54, 1.807) is 37.4 Å². The van der Waals surface area contributed by atoms with Gasteiger partial charge in [0.1, 0.15) is 0 Å². The van der Waals surface area contributed by atoms with E-state index in [0.717, 1.165) is 30.2 Å². The maximum atomic E-state index is 13.2. The predicted octanol–water partition coefficient (Wildman–Crippen LogP) is 4.45. The fraction of sp³-hybridized carbons (Fsp3) is 0.360. The van der Waals surface area contributed by atoms with Gasteiger partial charge in [-0.15, -0.1) is 0 Å². The van der Waals surface area contributed by atoms with Crippen LogP contribution in [0.1, 0.15) is 46.4 Å². The normalized spacial score (nSPS) is 13.9. The van der Waals surface area contributed by atoms with Gasteiger partial charge >= 0.3 is 0 Å². The third-order valence-electron chi connectivity index (χ3n) is 5.89.